The average molecular weight is 455 g/mol. The third kappa shape index (κ3) is 12.0. The molecule has 0 amide bonds. The van der Waals surface area contributed by atoms with Crippen LogP contribution in [0.25, 0.3) is 0 Å². The lowest BCUT2D eigenvalue weighted by Crippen LogP contribution is -2.39. The highest BCUT2D eigenvalue weighted by atomic mass is 15.4. The number of unbranched alkanes of at least 4 members (excludes halogenated alkanes) is 16. The van der Waals surface area contributed by atoms with E-state index in [9.17, 15) is 0 Å². The third-order valence-corrected chi connectivity index (χ3v) is 7.22. The van der Waals surface area contributed by atoms with Crippen LogP contribution in [-0.4, -0.2) is 17.6 Å². The number of rotatable bonds is 21. The smallest absolute Gasteiger partial charge is 0.105 e. The van der Waals surface area contributed by atoms with Crippen molar-refractivity contribution < 1.29 is 0 Å². The standard InChI is InChI=1S/C31H54N2/c1-3-5-6-7-8-9-10-11-12-13-14-15-16-17-18-19-23-26-31-32(27-4-2)28-29-33(31)30-24-21-20-22-25-30/h20-22,24-25,28-29,31H,3-19,23,26-27H2,1-2H3. The van der Waals surface area contributed by atoms with Gasteiger partial charge in [0.1, 0.15) is 6.17 Å². The van der Waals surface area contributed by atoms with Crippen molar-refractivity contribution in [2.45, 2.75) is 142 Å². The lowest BCUT2D eigenvalue weighted by molar-refractivity contribution is 0.279. The van der Waals surface area contributed by atoms with E-state index in [0.29, 0.717) is 6.17 Å². The van der Waals surface area contributed by atoms with Gasteiger partial charge in [0.15, 0.2) is 0 Å². The Labute approximate surface area is 206 Å². The van der Waals surface area contributed by atoms with Crippen LogP contribution in [0.4, 0.5) is 5.69 Å². The van der Waals surface area contributed by atoms with Gasteiger partial charge in [-0.05, 0) is 31.4 Å². The molecule has 1 aliphatic heterocycles. The van der Waals surface area contributed by atoms with Crippen LogP contribution in [0, 0.1) is 0 Å². The molecule has 1 aliphatic rings. The highest BCUT2D eigenvalue weighted by Gasteiger charge is 2.26. The molecule has 33 heavy (non-hydrogen) atoms. The molecule has 2 heteroatoms. The maximum atomic E-state index is 2.54. The van der Waals surface area contributed by atoms with Gasteiger partial charge in [-0.25, -0.2) is 0 Å². The summed E-state index contributed by atoms with van der Waals surface area (Å²) in [5.74, 6) is 0. The SMILES string of the molecule is CCCCCCCCCCCCCCCCCCCC1N(CCC)C=CN1c1ccccc1. The zero-order chi connectivity index (χ0) is 23.4. The van der Waals surface area contributed by atoms with E-state index >= 15 is 0 Å². The predicted molar refractivity (Wildman–Crippen MR) is 148 cm³/mol. The second-order valence-corrected chi connectivity index (χ2v) is 10.2. The highest BCUT2D eigenvalue weighted by molar-refractivity contribution is 5.51. The molecule has 0 N–H and O–H groups in total. The molecular weight excluding hydrogens is 400 g/mol. The first kappa shape index (κ1) is 27.8. The number of anilines is 1. The maximum Gasteiger partial charge on any atom is 0.105 e. The molecule has 0 bridgehead atoms. The van der Waals surface area contributed by atoms with Crippen molar-refractivity contribution >= 4 is 5.69 Å². The Morgan fingerprint density at radius 1 is 0.545 bits per heavy atom. The van der Waals surface area contributed by atoms with Crippen molar-refractivity contribution in [1.29, 1.82) is 0 Å². The van der Waals surface area contributed by atoms with Gasteiger partial charge >= 0.3 is 0 Å². The lowest BCUT2D eigenvalue weighted by Gasteiger charge is -2.33. The molecule has 1 heterocycles. The van der Waals surface area contributed by atoms with Gasteiger partial charge in [0, 0.05) is 24.6 Å². The number of hydrogen-bond acceptors (Lipinski definition) is 2. The molecule has 2 rings (SSSR count). The van der Waals surface area contributed by atoms with Crippen LogP contribution >= 0.6 is 0 Å². The van der Waals surface area contributed by atoms with Gasteiger partial charge < -0.3 is 9.80 Å². The lowest BCUT2D eigenvalue weighted by atomic mass is 10.0. The summed E-state index contributed by atoms with van der Waals surface area (Å²) >= 11 is 0. The van der Waals surface area contributed by atoms with Crippen molar-refractivity contribution in [3.05, 3.63) is 42.7 Å². The number of nitrogens with zero attached hydrogens (tertiary/aromatic N) is 2. The molecule has 1 aromatic carbocycles. The maximum absolute atomic E-state index is 2.54. The fraction of sp³-hybridized carbons (Fsp3) is 0.742. The Bertz CT molecular complexity index is 582. The molecule has 0 saturated carbocycles. The molecule has 1 aromatic rings. The van der Waals surface area contributed by atoms with Gasteiger partial charge in [-0.1, -0.05) is 135 Å². The van der Waals surface area contributed by atoms with Crippen LogP contribution in [0.15, 0.2) is 42.7 Å². The molecule has 0 aliphatic carbocycles. The average Bonchev–Trinajstić information content (AvgIpc) is 3.24. The summed E-state index contributed by atoms with van der Waals surface area (Å²) in [6.07, 6.45) is 32.0. The first-order valence-corrected chi connectivity index (χ1v) is 14.6. The van der Waals surface area contributed by atoms with E-state index in [0.717, 1.165) is 6.54 Å². The van der Waals surface area contributed by atoms with Crippen LogP contribution in [0.1, 0.15) is 136 Å². The minimum Gasteiger partial charge on any atom is -0.356 e. The molecule has 2 nitrogen and oxygen atoms in total. The van der Waals surface area contributed by atoms with Crippen LogP contribution in [-0.2, 0) is 0 Å². The van der Waals surface area contributed by atoms with E-state index in [2.05, 4.69) is 66.4 Å². The van der Waals surface area contributed by atoms with Crippen molar-refractivity contribution in [3.63, 3.8) is 0 Å². The minimum absolute atomic E-state index is 0.503. The summed E-state index contributed by atoms with van der Waals surface area (Å²) in [6.45, 7) is 5.74. The van der Waals surface area contributed by atoms with Crippen LogP contribution in [0.5, 0.6) is 0 Å². The monoisotopic (exact) mass is 454 g/mol. The summed E-state index contributed by atoms with van der Waals surface area (Å²) < 4.78 is 0. The van der Waals surface area contributed by atoms with Gasteiger partial charge in [0.05, 0.1) is 0 Å². The van der Waals surface area contributed by atoms with E-state index in [1.54, 1.807) is 0 Å². The van der Waals surface area contributed by atoms with Crippen molar-refractivity contribution in [2.24, 2.45) is 0 Å². The minimum atomic E-state index is 0.503. The number of para-hydroxylation sites is 1. The molecule has 0 spiro atoms. The number of hydrogen-bond donors (Lipinski definition) is 0. The Morgan fingerprint density at radius 3 is 1.52 bits per heavy atom. The fourth-order valence-electron chi connectivity index (χ4n) is 5.21. The molecule has 1 unspecified atom stereocenters. The summed E-state index contributed by atoms with van der Waals surface area (Å²) in [7, 11) is 0. The van der Waals surface area contributed by atoms with E-state index in [1.165, 1.54) is 128 Å². The second kappa shape index (κ2) is 18.9. The van der Waals surface area contributed by atoms with Gasteiger partial charge in [0.2, 0.25) is 0 Å². The van der Waals surface area contributed by atoms with E-state index in [4.69, 9.17) is 0 Å². The van der Waals surface area contributed by atoms with Gasteiger partial charge in [-0.2, -0.15) is 0 Å². The molecule has 0 radical (unpaired) electrons. The van der Waals surface area contributed by atoms with Crippen molar-refractivity contribution in [1.82, 2.24) is 4.90 Å². The molecular formula is C31H54N2. The fourth-order valence-corrected chi connectivity index (χ4v) is 5.21. The zero-order valence-electron chi connectivity index (χ0n) is 22.2. The predicted octanol–water partition coefficient (Wildman–Crippen LogP) is 10.1. The Balaban J connectivity index is 1.43. The van der Waals surface area contributed by atoms with E-state index < -0.39 is 0 Å². The molecule has 188 valence electrons. The van der Waals surface area contributed by atoms with Gasteiger partial charge in [-0.15, -0.1) is 0 Å². The van der Waals surface area contributed by atoms with Crippen LogP contribution < -0.4 is 4.90 Å². The highest BCUT2D eigenvalue weighted by Crippen LogP contribution is 2.28. The Hall–Kier alpha value is -1.44. The topological polar surface area (TPSA) is 6.48 Å². The Kier molecular flexibility index (Phi) is 15.9. The first-order valence-electron chi connectivity index (χ1n) is 14.6. The molecule has 0 saturated heterocycles. The van der Waals surface area contributed by atoms with E-state index in [-0.39, 0.29) is 0 Å². The summed E-state index contributed by atoms with van der Waals surface area (Å²) in [5, 5.41) is 0. The van der Waals surface area contributed by atoms with Crippen molar-refractivity contribution in [2.75, 3.05) is 11.4 Å². The number of benzene rings is 1. The quantitative estimate of drug-likeness (QED) is 0.170. The first-order chi connectivity index (χ1) is 16.4. The van der Waals surface area contributed by atoms with Gasteiger partial charge in [0.25, 0.3) is 0 Å². The molecule has 1 atom stereocenters. The summed E-state index contributed by atoms with van der Waals surface area (Å²) in [6, 6.07) is 10.9. The normalized spacial score (nSPS) is 15.6. The molecule has 0 fully saturated rings. The van der Waals surface area contributed by atoms with E-state index in [1.807, 2.05) is 0 Å². The third-order valence-electron chi connectivity index (χ3n) is 7.22. The van der Waals surface area contributed by atoms with Gasteiger partial charge in [-0.3, -0.25) is 0 Å². The molecule has 0 aromatic heterocycles. The summed E-state index contributed by atoms with van der Waals surface area (Å²) in [4.78, 5) is 5.02. The van der Waals surface area contributed by atoms with Crippen LogP contribution in [0.3, 0.4) is 0 Å². The van der Waals surface area contributed by atoms with Crippen molar-refractivity contribution in [3.8, 4) is 0 Å². The summed E-state index contributed by atoms with van der Waals surface area (Å²) in [5.41, 5.74) is 1.32. The van der Waals surface area contributed by atoms with Crippen LogP contribution in [0.2, 0.25) is 0 Å². The Morgan fingerprint density at radius 2 is 1.03 bits per heavy atom. The zero-order valence-corrected chi connectivity index (χ0v) is 22.2. The largest absolute Gasteiger partial charge is 0.356 e. The second-order valence-electron chi connectivity index (χ2n) is 10.2.